The summed E-state index contributed by atoms with van der Waals surface area (Å²) >= 11 is 6.60. The molecule has 0 unspecified atom stereocenters. The van der Waals surface area contributed by atoms with Crippen molar-refractivity contribution >= 4 is 27.6 Å². The number of nitriles is 1. The molecule has 0 fully saturated rings. The molecule has 0 atom stereocenters. The number of ether oxygens (including phenoxy) is 2. The van der Waals surface area contributed by atoms with E-state index in [1.54, 1.807) is 6.07 Å². The molecule has 0 spiro atoms. The minimum absolute atomic E-state index is 0.0115. The molecule has 1 heterocycles. The molecule has 0 saturated heterocycles. The number of aromatic nitrogens is 2. The van der Waals surface area contributed by atoms with E-state index in [-0.39, 0.29) is 12.6 Å². The van der Waals surface area contributed by atoms with Crippen LogP contribution >= 0.6 is 11.6 Å². The number of benzene rings is 3. The van der Waals surface area contributed by atoms with Crippen LogP contribution < -0.4 is 14.2 Å². The summed E-state index contributed by atoms with van der Waals surface area (Å²) in [6.07, 6.45) is 2.50. The monoisotopic (exact) mass is 562 g/mol. The molecule has 0 aliphatic rings. The van der Waals surface area contributed by atoms with Crippen LogP contribution in [0.1, 0.15) is 41.8 Å². The fourth-order valence-corrected chi connectivity index (χ4v) is 4.60. The summed E-state index contributed by atoms with van der Waals surface area (Å²) in [7, 11) is -3.48. The van der Waals surface area contributed by atoms with Crippen molar-refractivity contribution in [2.45, 2.75) is 32.5 Å². The van der Waals surface area contributed by atoms with Gasteiger partial charge in [0, 0.05) is 11.6 Å². The van der Waals surface area contributed by atoms with Gasteiger partial charge < -0.3 is 9.47 Å². The molecule has 3 aromatic carbocycles. The average Bonchev–Trinajstić information content (AvgIpc) is 2.91. The lowest BCUT2D eigenvalue weighted by molar-refractivity contribution is 0.301. The Hall–Kier alpha value is -4.13. The average molecular weight is 563 g/mol. The van der Waals surface area contributed by atoms with Crippen LogP contribution in [0.25, 0.3) is 0 Å². The summed E-state index contributed by atoms with van der Waals surface area (Å²) in [5.41, 5.74) is 3.27. The standard InChI is InChI=1S/C29H27ClN4O4S/c1-29(2,23-15-21(17-31)27(26(30)16-23)38-18-20-7-5-4-6-8-20)22-9-11-25(12-10-22)37-19-24-13-14-32-28(33-24)34-39(3,35)36/h4-16H,18-19H2,1-3H3,(H,32,33,34). The van der Waals surface area contributed by atoms with Crippen LogP contribution in [0.2, 0.25) is 5.02 Å². The van der Waals surface area contributed by atoms with Crippen molar-refractivity contribution in [3.63, 3.8) is 0 Å². The molecule has 200 valence electrons. The van der Waals surface area contributed by atoms with Gasteiger partial charge in [-0.05, 0) is 47.0 Å². The zero-order chi connectivity index (χ0) is 28.0. The first-order chi connectivity index (χ1) is 18.5. The molecular weight excluding hydrogens is 536 g/mol. The largest absolute Gasteiger partial charge is 0.487 e. The number of nitrogens with one attached hydrogen (secondary N) is 1. The van der Waals surface area contributed by atoms with Gasteiger partial charge in [-0.3, -0.25) is 4.72 Å². The number of sulfonamides is 1. The Morgan fingerprint density at radius 3 is 2.36 bits per heavy atom. The van der Waals surface area contributed by atoms with E-state index in [1.807, 2.05) is 66.7 Å². The Bertz CT molecular complexity index is 1600. The fraction of sp³-hybridized carbons (Fsp3) is 0.207. The number of hydrogen-bond donors (Lipinski definition) is 1. The molecule has 0 amide bonds. The van der Waals surface area contributed by atoms with E-state index >= 15 is 0 Å². The molecule has 10 heteroatoms. The van der Waals surface area contributed by atoms with Crippen LogP contribution in [0.5, 0.6) is 11.5 Å². The van der Waals surface area contributed by atoms with Gasteiger partial charge in [-0.15, -0.1) is 0 Å². The Morgan fingerprint density at radius 1 is 0.974 bits per heavy atom. The fourth-order valence-electron chi connectivity index (χ4n) is 3.90. The molecule has 0 bridgehead atoms. The molecule has 0 radical (unpaired) electrons. The molecule has 39 heavy (non-hydrogen) atoms. The topological polar surface area (TPSA) is 114 Å². The molecule has 0 aliphatic heterocycles. The van der Waals surface area contributed by atoms with Gasteiger partial charge in [-0.25, -0.2) is 18.4 Å². The van der Waals surface area contributed by atoms with Crippen LogP contribution in [0.3, 0.4) is 0 Å². The third kappa shape index (κ3) is 7.25. The molecule has 1 N–H and O–H groups in total. The Balaban J connectivity index is 1.47. The number of halogens is 1. The van der Waals surface area contributed by atoms with E-state index in [9.17, 15) is 13.7 Å². The molecule has 4 aromatic rings. The molecule has 0 aliphatic carbocycles. The van der Waals surface area contributed by atoms with Crippen LogP contribution in [-0.2, 0) is 28.7 Å². The van der Waals surface area contributed by atoms with Crippen molar-refractivity contribution in [2.24, 2.45) is 0 Å². The van der Waals surface area contributed by atoms with Crippen molar-refractivity contribution in [2.75, 3.05) is 11.0 Å². The summed E-state index contributed by atoms with van der Waals surface area (Å²) in [5.74, 6) is 0.972. The Morgan fingerprint density at radius 2 is 1.69 bits per heavy atom. The van der Waals surface area contributed by atoms with Gasteiger partial charge in [0.2, 0.25) is 16.0 Å². The molecule has 1 aromatic heterocycles. The predicted octanol–water partition coefficient (Wildman–Crippen LogP) is 5.86. The highest BCUT2D eigenvalue weighted by Crippen LogP contribution is 2.39. The maximum atomic E-state index is 11.4. The Labute approximate surface area is 233 Å². The summed E-state index contributed by atoms with van der Waals surface area (Å²) in [6, 6.07) is 24.8. The van der Waals surface area contributed by atoms with Gasteiger partial charge in [0.15, 0.2) is 5.75 Å². The van der Waals surface area contributed by atoms with Crippen LogP contribution in [-0.4, -0.2) is 24.6 Å². The predicted molar refractivity (Wildman–Crippen MR) is 150 cm³/mol. The highest BCUT2D eigenvalue weighted by molar-refractivity contribution is 7.91. The van der Waals surface area contributed by atoms with Gasteiger partial charge in [0.05, 0.1) is 22.5 Å². The van der Waals surface area contributed by atoms with E-state index < -0.39 is 15.4 Å². The van der Waals surface area contributed by atoms with E-state index in [1.165, 1.54) is 6.20 Å². The lowest BCUT2D eigenvalue weighted by Gasteiger charge is -2.27. The first-order valence-electron chi connectivity index (χ1n) is 12.0. The lowest BCUT2D eigenvalue weighted by Crippen LogP contribution is -2.19. The molecular formula is C29H27ClN4O4S. The molecule has 0 saturated carbocycles. The smallest absolute Gasteiger partial charge is 0.236 e. The molecule has 4 rings (SSSR count). The highest BCUT2D eigenvalue weighted by Gasteiger charge is 2.26. The summed E-state index contributed by atoms with van der Waals surface area (Å²) in [5, 5.41) is 10.2. The third-order valence-corrected chi connectivity index (χ3v) is 6.90. The Kier molecular flexibility index (Phi) is 8.38. The normalized spacial score (nSPS) is 11.5. The summed E-state index contributed by atoms with van der Waals surface area (Å²) < 4.78 is 36.8. The van der Waals surface area contributed by atoms with Crippen LogP contribution in [0, 0.1) is 11.3 Å². The third-order valence-electron chi connectivity index (χ3n) is 6.06. The van der Waals surface area contributed by atoms with Gasteiger partial charge in [-0.1, -0.05) is 67.9 Å². The van der Waals surface area contributed by atoms with Gasteiger partial charge in [-0.2, -0.15) is 5.26 Å². The van der Waals surface area contributed by atoms with Crippen molar-refractivity contribution in [1.29, 1.82) is 5.26 Å². The van der Waals surface area contributed by atoms with Gasteiger partial charge >= 0.3 is 0 Å². The van der Waals surface area contributed by atoms with Crippen molar-refractivity contribution < 1.29 is 17.9 Å². The number of anilines is 1. The number of hydrogen-bond acceptors (Lipinski definition) is 7. The van der Waals surface area contributed by atoms with Crippen LogP contribution in [0.15, 0.2) is 79.0 Å². The lowest BCUT2D eigenvalue weighted by atomic mass is 9.77. The van der Waals surface area contributed by atoms with Gasteiger partial charge in [0.25, 0.3) is 0 Å². The first kappa shape index (κ1) is 27.9. The second kappa shape index (κ2) is 11.7. The van der Waals surface area contributed by atoms with E-state index in [4.69, 9.17) is 21.1 Å². The zero-order valence-corrected chi connectivity index (χ0v) is 23.3. The maximum Gasteiger partial charge on any atom is 0.236 e. The highest BCUT2D eigenvalue weighted by atomic mass is 35.5. The number of rotatable bonds is 10. The molecule has 8 nitrogen and oxygen atoms in total. The van der Waals surface area contributed by atoms with Gasteiger partial charge in [0.1, 0.15) is 25.0 Å². The van der Waals surface area contributed by atoms with E-state index in [0.29, 0.717) is 34.4 Å². The minimum atomic E-state index is -3.48. The number of nitrogens with zero attached hydrogens (tertiary/aromatic N) is 3. The van der Waals surface area contributed by atoms with Crippen LogP contribution in [0.4, 0.5) is 5.95 Å². The van der Waals surface area contributed by atoms with E-state index in [2.05, 4.69) is 34.6 Å². The van der Waals surface area contributed by atoms with Crippen molar-refractivity contribution in [3.8, 4) is 17.6 Å². The SMILES string of the molecule is CC(C)(c1ccc(OCc2ccnc(NS(C)(=O)=O)n2)cc1)c1cc(Cl)c(OCc2ccccc2)c(C#N)c1. The quantitative estimate of drug-likeness (QED) is 0.257. The maximum absolute atomic E-state index is 11.4. The van der Waals surface area contributed by atoms with Crippen molar-refractivity contribution in [3.05, 3.63) is 112 Å². The summed E-state index contributed by atoms with van der Waals surface area (Å²) in [6.45, 7) is 4.55. The zero-order valence-electron chi connectivity index (χ0n) is 21.7. The van der Waals surface area contributed by atoms with E-state index in [0.717, 1.165) is 22.9 Å². The minimum Gasteiger partial charge on any atom is -0.487 e. The second-order valence-corrected chi connectivity index (χ2v) is 11.6. The first-order valence-corrected chi connectivity index (χ1v) is 14.3. The van der Waals surface area contributed by atoms with Crippen molar-refractivity contribution in [1.82, 2.24) is 9.97 Å². The summed E-state index contributed by atoms with van der Waals surface area (Å²) in [4.78, 5) is 8.06. The second-order valence-electron chi connectivity index (χ2n) is 9.40.